The number of carbonyl (C=O) groups is 1. The Balaban J connectivity index is 0. The molecule has 0 heterocycles. The van der Waals surface area contributed by atoms with Gasteiger partial charge in [0.25, 0.3) is 0 Å². The average molecular weight is 328 g/mol. The van der Waals surface area contributed by atoms with Crippen LogP contribution in [-0.2, 0) is 29.0 Å². The molecular weight excluding hydrogens is 304 g/mol. The molecule has 108 valence electrons. The number of hydrogen-bond donors (Lipinski definition) is 0. The standard InChI is InChI=1S/C12H19F2O2.C2H5.Zn/c1-7(2)9-5-4-8(3)6-10(9)16-12(15)11(13)14;1-2;/h7-10H,4-6H2,1-3H3;1H2,2H3;/q2*-1;+2/t8-,9+,10-;;/m1../s1. The van der Waals surface area contributed by atoms with Crippen LogP contribution in [0.25, 0.3) is 0 Å². The fraction of sp³-hybridized carbons (Fsp3) is 0.786. The number of carbonyl (C=O) groups excluding carboxylic acids is 1. The van der Waals surface area contributed by atoms with Gasteiger partial charge in [0.05, 0.1) is 0 Å². The molecule has 0 spiro atoms. The van der Waals surface area contributed by atoms with E-state index in [-0.39, 0.29) is 31.5 Å². The molecule has 0 saturated heterocycles. The number of ether oxygens (including phenoxy) is 1. The van der Waals surface area contributed by atoms with Crippen LogP contribution in [0.3, 0.4) is 0 Å². The summed E-state index contributed by atoms with van der Waals surface area (Å²) >= 11 is 0. The number of rotatable bonds is 3. The van der Waals surface area contributed by atoms with Crippen molar-refractivity contribution in [3.63, 3.8) is 0 Å². The predicted molar refractivity (Wildman–Crippen MR) is 67.7 cm³/mol. The van der Waals surface area contributed by atoms with Crippen molar-refractivity contribution in [1.82, 2.24) is 0 Å². The Morgan fingerprint density at radius 3 is 2.26 bits per heavy atom. The molecule has 1 fully saturated rings. The van der Waals surface area contributed by atoms with Crippen molar-refractivity contribution in [1.29, 1.82) is 0 Å². The maximum absolute atomic E-state index is 12.1. The van der Waals surface area contributed by atoms with Gasteiger partial charge in [0, 0.05) is 6.43 Å². The first-order valence-electron chi connectivity index (χ1n) is 6.51. The van der Waals surface area contributed by atoms with Crippen molar-refractivity contribution in [2.24, 2.45) is 17.8 Å². The zero-order chi connectivity index (χ0) is 14.3. The van der Waals surface area contributed by atoms with Crippen LogP contribution in [0.4, 0.5) is 8.78 Å². The summed E-state index contributed by atoms with van der Waals surface area (Å²) in [4.78, 5) is 10.9. The van der Waals surface area contributed by atoms with Gasteiger partial charge in [-0.05, 0) is 30.6 Å². The average Bonchev–Trinajstić information content (AvgIpc) is 2.31. The molecule has 0 N–H and O–H groups in total. The van der Waals surface area contributed by atoms with E-state index >= 15 is 0 Å². The number of esters is 1. The van der Waals surface area contributed by atoms with Crippen molar-refractivity contribution in [3.05, 3.63) is 13.3 Å². The zero-order valence-electron chi connectivity index (χ0n) is 12.4. The summed E-state index contributed by atoms with van der Waals surface area (Å²) in [7, 11) is 0. The normalized spacial score (nSPS) is 25.8. The summed E-state index contributed by atoms with van der Waals surface area (Å²) in [5.74, 6) is -0.451. The van der Waals surface area contributed by atoms with Gasteiger partial charge in [-0.25, -0.2) is 0 Å². The molecule has 0 aliphatic heterocycles. The van der Waals surface area contributed by atoms with Crippen LogP contribution in [-0.4, -0.2) is 12.1 Å². The Morgan fingerprint density at radius 1 is 1.32 bits per heavy atom. The Labute approximate surface area is 128 Å². The minimum Gasteiger partial charge on any atom is -0.480 e. The largest absolute Gasteiger partial charge is 2.00 e. The van der Waals surface area contributed by atoms with E-state index in [1.54, 1.807) is 6.92 Å². The summed E-state index contributed by atoms with van der Waals surface area (Å²) in [5, 5.41) is 0. The molecule has 3 atom stereocenters. The van der Waals surface area contributed by atoms with E-state index in [2.05, 4.69) is 13.8 Å². The van der Waals surface area contributed by atoms with E-state index in [1.807, 2.05) is 13.8 Å². The van der Waals surface area contributed by atoms with Crippen LogP contribution in [0.5, 0.6) is 0 Å². The van der Waals surface area contributed by atoms with Crippen LogP contribution >= 0.6 is 0 Å². The summed E-state index contributed by atoms with van der Waals surface area (Å²) in [5.41, 5.74) is 0. The second-order valence-corrected chi connectivity index (χ2v) is 5.03. The van der Waals surface area contributed by atoms with E-state index in [4.69, 9.17) is 4.74 Å². The molecule has 1 rings (SSSR count). The van der Waals surface area contributed by atoms with Crippen molar-refractivity contribution >= 4 is 5.97 Å². The molecule has 0 radical (unpaired) electrons. The quantitative estimate of drug-likeness (QED) is 0.440. The SMILES string of the molecule is CC(C)[C@@H]1CC[C@@H](C)C[C@H]1OC(=O)[C-](F)F.[CH2-]C.[Zn+2]. The fourth-order valence-corrected chi connectivity index (χ4v) is 2.43. The first-order valence-corrected chi connectivity index (χ1v) is 6.51. The van der Waals surface area contributed by atoms with Crippen molar-refractivity contribution in [3.8, 4) is 0 Å². The molecule has 0 bridgehead atoms. The van der Waals surface area contributed by atoms with Crippen molar-refractivity contribution in [2.45, 2.75) is 53.1 Å². The van der Waals surface area contributed by atoms with Crippen LogP contribution in [0.2, 0.25) is 0 Å². The first-order chi connectivity index (χ1) is 8.41. The van der Waals surface area contributed by atoms with E-state index in [9.17, 15) is 13.6 Å². The van der Waals surface area contributed by atoms with Gasteiger partial charge in [0.1, 0.15) is 6.10 Å². The Morgan fingerprint density at radius 2 is 1.84 bits per heavy atom. The Bertz CT molecular complexity index is 248. The molecule has 19 heavy (non-hydrogen) atoms. The topological polar surface area (TPSA) is 26.3 Å². The van der Waals surface area contributed by atoms with Gasteiger partial charge >= 0.3 is 19.5 Å². The van der Waals surface area contributed by atoms with Gasteiger partial charge in [-0.3, -0.25) is 4.79 Å². The maximum Gasteiger partial charge on any atom is 2.00 e. The molecule has 1 aliphatic carbocycles. The molecule has 1 saturated carbocycles. The van der Waals surface area contributed by atoms with Gasteiger partial charge in [-0.2, -0.15) is 6.92 Å². The second-order valence-electron chi connectivity index (χ2n) is 5.03. The molecule has 1 aliphatic rings. The van der Waals surface area contributed by atoms with Crippen LogP contribution in [0, 0.1) is 31.1 Å². The van der Waals surface area contributed by atoms with Gasteiger partial charge < -0.3 is 20.4 Å². The third-order valence-electron chi connectivity index (χ3n) is 3.37. The third kappa shape index (κ3) is 7.24. The molecule has 0 aromatic carbocycles. The van der Waals surface area contributed by atoms with E-state index < -0.39 is 12.4 Å². The van der Waals surface area contributed by atoms with Crippen LogP contribution in [0.15, 0.2) is 0 Å². The molecule has 5 heteroatoms. The van der Waals surface area contributed by atoms with Gasteiger partial charge in [0.2, 0.25) is 5.97 Å². The minimum atomic E-state index is -2.25. The summed E-state index contributed by atoms with van der Waals surface area (Å²) < 4.78 is 29.0. The van der Waals surface area contributed by atoms with E-state index in [0.29, 0.717) is 18.3 Å². The van der Waals surface area contributed by atoms with E-state index in [0.717, 1.165) is 12.8 Å². The number of halogens is 2. The zero-order valence-corrected chi connectivity index (χ0v) is 15.4. The maximum atomic E-state index is 12.1. The summed E-state index contributed by atoms with van der Waals surface area (Å²) in [6.45, 7) is 11.1. The van der Waals surface area contributed by atoms with Gasteiger partial charge in [0.15, 0.2) is 0 Å². The molecule has 0 aromatic heterocycles. The summed E-state index contributed by atoms with van der Waals surface area (Å²) in [6, 6.07) is 0. The fourth-order valence-electron chi connectivity index (χ4n) is 2.43. The third-order valence-corrected chi connectivity index (χ3v) is 3.37. The molecule has 0 unspecified atom stereocenters. The first kappa shape index (κ1) is 21.1. The minimum absolute atomic E-state index is 0. The van der Waals surface area contributed by atoms with Gasteiger partial charge in [-0.15, -0.1) is 0 Å². The predicted octanol–water partition coefficient (Wildman–Crippen LogP) is 4.26. The molecule has 2 nitrogen and oxygen atoms in total. The Kier molecular flexibility index (Phi) is 11.8. The molecule has 0 aromatic rings. The smallest absolute Gasteiger partial charge is 0.480 e. The Hall–Kier alpha value is -0.177. The number of hydrogen-bond acceptors (Lipinski definition) is 2. The second kappa shape index (κ2) is 10.6. The van der Waals surface area contributed by atoms with Crippen LogP contribution < -0.4 is 0 Å². The van der Waals surface area contributed by atoms with Crippen molar-refractivity contribution < 1.29 is 37.8 Å². The van der Waals surface area contributed by atoms with Gasteiger partial charge in [-0.1, -0.05) is 27.2 Å². The molecule has 0 amide bonds. The van der Waals surface area contributed by atoms with Crippen LogP contribution in [0.1, 0.15) is 47.0 Å². The van der Waals surface area contributed by atoms with E-state index in [1.165, 1.54) is 0 Å². The van der Waals surface area contributed by atoms with Crippen molar-refractivity contribution in [2.75, 3.05) is 0 Å². The monoisotopic (exact) mass is 326 g/mol. The molecular formula is C14H24F2O2Zn. The summed E-state index contributed by atoms with van der Waals surface area (Å²) in [6.07, 6.45) is 0.129.